The van der Waals surface area contributed by atoms with E-state index in [4.69, 9.17) is 4.74 Å². The van der Waals surface area contributed by atoms with Gasteiger partial charge in [-0.05, 0) is 38.1 Å². The third kappa shape index (κ3) is 4.65. The normalized spacial score (nSPS) is 11.8. The Morgan fingerprint density at radius 2 is 2.00 bits per heavy atom. The Bertz CT molecular complexity index is 931. The number of anilines is 1. The summed E-state index contributed by atoms with van der Waals surface area (Å²) in [4.78, 5) is 16.8. The minimum atomic E-state index is -0.455. The van der Waals surface area contributed by atoms with E-state index in [0.717, 1.165) is 0 Å². The number of aromatic amines is 1. The number of hydrogen-bond donors (Lipinski definition) is 2. The summed E-state index contributed by atoms with van der Waals surface area (Å²) >= 11 is 1.18. The topological polar surface area (TPSA) is 79.9 Å². The molecule has 0 aliphatic carbocycles. The molecular weight excluding hydrogens is 367 g/mol. The lowest BCUT2D eigenvalue weighted by Gasteiger charge is -2.13. The third-order valence-corrected chi connectivity index (χ3v) is 4.65. The second-order valence-corrected chi connectivity index (χ2v) is 6.93. The lowest BCUT2D eigenvalue weighted by Crippen LogP contribution is -2.22. The van der Waals surface area contributed by atoms with Crippen molar-refractivity contribution in [2.75, 3.05) is 11.9 Å². The molecule has 0 unspecified atom stereocenters. The van der Waals surface area contributed by atoms with Gasteiger partial charge in [-0.25, -0.2) is 9.37 Å². The molecule has 140 valence electrons. The smallest absolute Gasteiger partial charge is 0.237 e. The largest absolute Gasteiger partial charge is 0.492 e. The van der Waals surface area contributed by atoms with Crippen molar-refractivity contribution in [3.63, 3.8) is 0 Å². The number of aromatic nitrogens is 3. The molecular formula is C19H19FN4O2S. The van der Waals surface area contributed by atoms with Crippen LogP contribution in [0.1, 0.15) is 13.8 Å². The number of thioether (sulfide) groups is 1. The van der Waals surface area contributed by atoms with Crippen molar-refractivity contribution >= 4 is 23.4 Å². The molecule has 0 fully saturated rings. The summed E-state index contributed by atoms with van der Waals surface area (Å²) in [6, 6.07) is 13.6. The van der Waals surface area contributed by atoms with Crippen molar-refractivity contribution in [2.45, 2.75) is 24.3 Å². The van der Waals surface area contributed by atoms with Crippen LogP contribution in [0.25, 0.3) is 11.4 Å². The van der Waals surface area contributed by atoms with Gasteiger partial charge in [0.1, 0.15) is 11.6 Å². The van der Waals surface area contributed by atoms with Gasteiger partial charge in [-0.15, -0.1) is 5.10 Å². The van der Waals surface area contributed by atoms with E-state index >= 15 is 0 Å². The Kier molecular flexibility index (Phi) is 6.08. The number of rotatable bonds is 7. The molecule has 6 nitrogen and oxygen atoms in total. The molecule has 1 aromatic heterocycles. The average Bonchev–Trinajstić information content (AvgIpc) is 3.12. The van der Waals surface area contributed by atoms with Crippen molar-refractivity contribution in [1.82, 2.24) is 15.2 Å². The van der Waals surface area contributed by atoms with Crippen molar-refractivity contribution in [3.8, 4) is 17.1 Å². The van der Waals surface area contributed by atoms with Gasteiger partial charge in [0.25, 0.3) is 0 Å². The Hall–Kier alpha value is -2.87. The van der Waals surface area contributed by atoms with Gasteiger partial charge < -0.3 is 10.1 Å². The minimum Gasteiger partial charge on any atom is -0.492 e. The number of hydrogen-bond acceptors (Lipinski definition) is 5. The molecule has 3 rings (SSSR count). The molecule has 27 heavy (non-hydrogen) atoms. The van der Waals surface area contributed by atoms with Gasteiger partial charge in [-0.2, -0.15) is 0 Å². The first-order chi connectivity index (χ1) is 13.1. The predicted octanol–water partition coefficient (Wildman–Crippen LogP) is 4.13. The maximum absolute atomic E-state index is 13.8. The van der Waals surface area contributed by atoms with Crippen LogP contribution >= 0.6 is 11.8 Å². The van der Waals surface area contributed by atoms with E-state index in [1.165, 1.54) is 17.8 Å². The average molecular weight is 386 g/mol. The second-order valence-electron chi connectivity index (χ2n) is 5.62. The maximum Gasteiger partial charge on any atom is 0.237 e. The zero-order valence-corrected chi connectivity index (χ0v) is 15.7. The van der Waals surface area contributed by atoms with Crippen LogP contribution in [-0.4, -0.2) is 32.9 Å². The van der Waals surface area contributed by atoms with E-state index < -0.39 is 5.25 Å². The molecule has 1 heterocycles. The summed E-state index contributed by atoms with van der Waals surface area (Å²) < 4.78 is 19.4. The number of para-hydroxylation sites is 2. The van der Waals surface area contributed by atoms with Crippen molar-refractivity contribution in [1.29, 1.82) is 0 Å². The number of halogens is 1. The van der Waals surface area contributed by atoms with Gasteiger partial charge in [0.2, 0.25) is 11.1 Å². The fraction of sp³-hybridized carbons (Fsp3) is 0.211. The van der Waals surface area contributed by atoms with Gasteiger partial charge >= 0.3 is 0 Å². The number of amides is 1. The van der Waals surface area contributed by atoms with Gasteiger partial charge in [0, 0.05) is 0 Å². The molecule has 3 aromatic rings. The molecule has 2 aromatic carbocycles. The summed E-state index contributed by atoms with van der Waals surface area (Å²) in [6.07, 6.45) is 0. The lowest BCUT2D eigenvalue weighted by atomic mass is 10.2. The Labute approximate surface area is 160 Å². The summed E-state index contributed by atoms with van der Waals surface area (Å²) in [6.45, 7) is 4.14. The van der Waals surface area contributed by atoms with Gasteiger partial charge in [-0.3, -0.25) is 9.89 Å². The summed E-state index contributed by atoms with van der Waals surface area (Å²) in [5.74, 6) is 0.350. The molecule has 0 aliphatic heterocycles. The number of nitrogens with one attached hydrogen (secondary N) is 2. The quantitative estimate of drug-likeness (QED) is 0.597. The summed E-state index contributed by atoms with van der Waals surface area (Å²) in [5.41, 5.74) is 0.943. The Balaban J connectivity index is 1.66. The second kappa shape index (κ2) is 8.68. The predicted molar refractivity (Wildman–Crippen MR) is 103 cm³/mol. The van der Waals surface area contributed by atoms with Gasteiger partial charge in [0.05, 0.1) is 23.1 Å². The molecule has 0 bridgehead atoms. The van der Waals surface area contributed by atoms with Crippen LogP contribution in [0.5, 0.6) is 5.75 Å². The zero-order chi connectivity index (χ0) is 19.2. The molecule has 0 radical (unpaired) electrons. The van der Waals surface area contributed by atoms with Crippen molar-refractivity contribution < 1.29 is 13.9 Å². The molecule has 0 saturated carbocycles. The molecule has 2 N–H and O–H groups in total. The fourth-order valence-corrected chi connectivity index (χ4v) is 3.09. The molecule has 1 atom stereocenters. The zero-order valence-electron chi connectivity index (χ0n) is 14.9. The standard InChI is InChI=1S/C19H19FN4O2S/c1-3-26-16-11-7-6-10-15(16)21-18(25)12(2)27-19-22-17(23-24-19)13-8-4-5-9-14(13)20/h4-12H,3H2,1-2H3,(H,21,25)(H,22,23,24)/t12-/m0/s1. The number of carbonyl (C=O) groups excluding carboxylic acids is 1. The maximum atomic E-state index is 13.8. The third-order valence-electron chi connectivity index (χ3n) is 3.69. The highest BCUT2D eigenvalue weighted by Gasteiger charge is 2.19. The number of carbonyl (C=O) groups is 1. The first-order valence-electron chi connectivity index (χ1n) is 8.45. The highest BCUT2D eigenvalue weighted by molar-refractivity contribution is 8.00. The van der Waals surface area contributed by atoms with Crippen LogP contribution in [0.15, 0.2) is 53.7 Å². The van der Waals surface area contributed by atoms with Gasteiger partial charge in [0.15, 0.2) is 5.82 Å². The van der Waals surface area contributed by atoms with E-state index in [2.05, 4.69) is 20.5 Å². The van der Waals surface area contributed by atoms with Crippen LogP contribution in [0.4, 0.5) is 10.1 Å². The van der Waals surface area contributed by atoms with Crippen LogP contribution in [0.2, 0.25) is 0 Å². The van der Waals surface area contributed by atoms with Crippen LogP contribution in [-0.2, 0) is 4.79 Å². The number of benzene rings is 2. The van der Waals surface area contributed by atoms with E-state index in [9.17, 15) is 9.18 Å². The monoisotopic (exact) mass is 386 g/mol. The van der Waals surface area contributed by atoms with E-state index in [0.29, 0.717) is 34.6 Å². The Morgan fingerprint density at radius 3 is 2.78 bits per heavy atom. The highest BCUT2D eigenvalue weighted by Crippen LogP contribution is 2.27. The van der Waals surface area contributed by atoms with Crippen molar-refractivity contribution in [2.24, 2.45) is 0 Å². The lowest BCUT2D eigenvalue weighted by molar-refractivity contribution is -0.115. The molecule has 0 aliphatic rings. The van der Waals surface area contributed by atoms with Crippen LogP contribution < -0.4 is 10.1 Å². The summed E-state index contributed by atoms with van der Waals surface area (Å²) in [5, 5.41) is 9.54. The summed E-state index contributed by atoms with van der Waals surface area (Å²) in [7, 11) is 0. The van der Waals surface area contributed by atoms with Crippen LogP contribution in [0, 0.1) is 5.82 Å². The molecule has 0 spiro atoms. The van der Waals surface area contributed by atoms with Gasteiger partial charge in [-0.1, -0.05) is 36.0 Å². The highest BCUT2D eigenvalue weighted by atomic mass is 32.2. The number of nitrogens with zero attached hydrogens (tertiary/aromatic N) is 2. The first kappa shape index (κ1) is 18.9. The molecule has 8 heteroatoms. The SMILES string of the molecule is CCOc1ccccc1NC(=O)[C@H](C)Sc1n[nH]c(-c2ccccc2F)n1. The van der Waals surface area contributed by atoms with Crippen molar-refractivity contribution in [3.05, 3.63) is 54.3 Å². The minimum absolute atomic E-state index is 0.204. The Morgan fingerprint density at radius 1 is 1.26 bits per heavy atom. The van der Waals surface area contributed by atoms with E-state index in [1.54, 1.807) is 37.3 Å². The molecule has 1 amide bonds. The number of ether oxygens (including phenoxy) is 1. The fourth-order valence-electron chi connectivity index (χ4n) is 2.37. The first-order valence-corrected chi connectivity index (χ1v) is 9.33. The van der Waals surface area contributed by atoms with E-state index in [-0.39, 0.29) is 11.7 Å². The number of H-pyrrole nitrogens is 1. The van der Waals surface area contributed by atoms with E-state index in [1.807, 2.05) is 19.1 Å². The van der Waals surface area contributed by atoms with Crippen LogP contribution in [0.3, 0.4) is 0 Å². The molecule has 0 saturated heterocycles.